The summed E-state index contributed by atoms with van der Waals surface area (Å²) in [4.78, 5) is 14.9. The molecule has 0 radical (unpaired) electrons. The molecule has 2 N–H and O–H groups in total. The highest BCUT2D eigenvalue weighted by Crippen LogP contribution is 2.22. The van der Waals surface area contributed by atoms with Crippen LogP contribution in [0.2, 0.25) is 10.0 Å². The Bertz CT molecular complexity index is 701. The molecule has 0 bridgehead atoms. The number of hydrazone groups is 1. The minimum absolute atomic E-state index is 0.146. The second kappa shape index (κ2) is 9.25. The van der Waals surface area contributed by atoms with Crippen molar-refractivity contribution in [1.29, 1.82) is 0 Å². The average molecular weight is 366 g/mol. The summed E-state index contributed by atoms with van der Waals surface area (Å²) in [6.07, 6.45) is 3.75. The van der Waals surface area contributed by atoms with Gasteiger partial charge in [-0.2, -0.15) is 5.10 Å². The largest absolute Gasteiger partial charge is 0.481 e. The molecule has 0 amide bonds. The van der Waals surface area contributed by atoms with E-state index in [1.165, 1.54) is 0 Å². The number of halogens is 2. The highest BCUT2D eigenvalue weighted by Gasteiger charge is 2.07. The van der Waals surface area contributed by atoms with Crippen molar-refractivity contribution in [1.82, 2.24) is 4.98 Å². The van der Waals surface area contributed by atoms with Gasteiger partial charge in [0, 0.05) is 22.7 Å². The number of aliphatic carboxylic acids is 1. The van der Waals surface area contributed by atoms with Crippen molar-refractivity contribution in [2.45, 2.75) is 25.7 Å². The lowest BCUT2D eigenvalue weighted by Crippen LogP contribution is -2.07. The summed E-state index contributed by atoms with van der Waals surface area (Å²) >= 11 is 11.9. The van der Waals surface area contributed by atoms with Crippen LogP contribution < -0.4 is 5.43 Å². The molecule has 126 valence electrons. The Labute approximate surface area is 150 Å². The molecule has 1 aromatic heterocycles. The van der Waals surface area contributed by atoms with E-state index in [1.54, 1.807) is 24.4 Å². The number of unbranched alkanes of at least 4 members (excludes halogenated alkanes) is 1. The maximum Gasteiger partial charge on any atom is 0.303 e. The molecule has 0 fully saturated rings. The third kappa shape index (κ3) is 6.18. The Kier molecular flexibility index (Phi) is 7.03. The highest BCUT2D eigenvalue weighted by molar-refractivity contribution is 6.35. The van der Waals surface area contributed by atoms with E-state index in [-0.39, 0.29) is 6.42 Å². The first kappa shape index (κ1) is 18.2. The number of nitrogens with zero attached hydrogens (tertiary/aromatic N) is 2. The first-order valence-corrected chi connectivity index (χ1v) is 8.22. The van der Waals surface area contributed by atoms with Crippen LogP contribution in [0.15, 0.2) is 47.7 Å². The second-order valence-corrected chi connectivity index (χ2v) is 6.02. The number of hydrogen-bond acceptors (Lipinski definition) is 4. The van der Waals surface area contributed by atoms with Crippen molar-refractivity contribution in [3.63, 3.8) is 0 Å². The summed E-state index contributed by atoms with van der Waals surface area (Å²) < 4.78 is 0. The van der Waals surface area contributed by atoms with E-state index in [4.69, 9.17) is 28.3 Å². The van der Waals surface area contributed by atoms with Crippen LogP contribution in [0.4, 0.5) is 5.69 Å². The number of pyridine rings is 1. The molecule has 0 saturated heterocycles. The van der Waals surface area contributed by atoms with Crippen molar-refractivity contribution in [3.05, 3.63) is 58.3 Å². The number of benzene rings is 1. The summed E-state index contributed by atoms with van der Waals surface area (Å²) in [6, 6.07) is 10.7. The number of carboxylic acids is 1. The van der Waals surface area contributed by atoms with Gasteiger partial charge in [-0.3, -0.25) is 15.2 Å². The van der Waals surface area contributed by atoms with Crippen LogP contribution >= 0.6 is 23.2 Å². The molecule has 0 aliphatic heterocycles. The fourth-order valence-electron chi connectivity index (χ4n) is 2.09. The number of hydrogen-bond donors (Lipinski definition) is 2. The van der Waals surface area contributed by atoms with Gasteiger partial charge in [0.1, 0.15) is 0 Å². The van der Waals surface area contributed by atoms with Crippen LogP contribution in [-0.2, 0) is 4.79 Å². The first-order chi connectivity index (χ1) is 11.5. The molecular weight excluding hydrogens is 349 g/mol. The van der Waals surface area contributed by atoms with Gasteiger partial charge in [-0.1, -0.05) is 29.3 Å². The molecule has 2 aromatic rings. The number of nitrogens with one attached hydrogen (secondary N) is 1. The van der Waals surface area contributed by atoms with Crippen LogP contribution in [0.1, 0.15) is 31.4 Å². The smallest absolute Gasteiger partial charge is 0.303 e. The molecule has 0 aliphatic rings. The summed E-state index contributed by atoms with van der Waals surface area (Å²) in [7, 11) is 0. The van der Waals surface area contributed by atoms with Crippen LogP contribution in [0.25, 0.3) is 0 Å². The van der Waals surface area contributed by atoms with Gasteiger partial charge >= 0.3 is 5.97 Å². The van der Waals surface area contributed by atoms with Crippen molar-refractivity contribution in [3.8, 4) is 0 Å². The molecule has 0 saturated carbocycles. The Morgan fingerprint density at radius 2 is 1.83 bits per heavy atom. The third-order valence-electron chi connectivity index (χ3n) is 3.20. The summed E-state index contributed by atoms with van der Waals surface area (Å²) in [5, 5.41) is 14.2. The summed E-state index contributed by atoms with van der Waals surface area (Å²) in [5.41, 5.74) is 5.10. The van der Waals surface area contributed by atoms with E-state index in [9.17, 15) is 4.79 Å². The zero-order chi connectivity index (χ0) is 17.4. The van der Waals surface area contributed by atoms with Crippen molar-refractivity contribution < 1.29 is 9.90 Å². The third-order valence-corrected chi connectivity index (χ3v) is 3.63. The van der Waals surface area contributed by atoms with Gasteiger partial charge in [0.15, 0.2) is 0 Å². The van der Waals surface area contributed by atoms with E-state index in [2.05, 4.69) is 15.5 Å². The fraction of sp³-hybridized carbons (Fsp3) is 0.235. The zero-order valence-corrected chi connectivity index (χ0v) is 14.4. The molecule has 1 heterocycles. The number of carboxylic acid groups (broad SMARTS) is 1. The Morgan fingerprint density at radius 3 is 2.46 bits per heavy atom. The van der Waals surface area contributed by atoms with Gasteiger partial charge in [0.25, 0.3) is 0 Å². The standard InChI is InChI=1S/C17H17Cl2N3O2/c18-12-9-13(19)11-14(10-12)21-22-16(6-1-2-7-17(23)24)15-5-3-4-8-20-15/h3-5,8-11,21H,1-2,6-7H2,(H,23,24). The van der Waals surface area contributed by atoms with Gasteiger partial charge in [-0.15, -0.1) is 0 Å². The maximum absolute atomic E-state index is 10.6. The van der Waals surface area contributed by atoms with E-state index in [0.29, 0.717) is 35.0 Å². The Balaban J connectivity index is 2.10. The van der Waals surface area contributed by atoms with Gasteiger partial charge in [-0.25, -0.2) is 0 Å². The number of aromatic nitrogens is 1. The highest BCUT2D eigenvalue weighted by atomic mass is 35.5. The first-order valence-electron chi connectivity index (χ1n) is 7.46. The van der Waals surface area contributed by atoms with Gasteiger partial charge in [0.05, 0.1) is 17.1 Å². The van der Waals surface area contributed by atoms with Gasteiger partial charge < -0.3 is 5.11 Å². The maximum atomic E-state index is 10.6. The SMILES string of the molecule is O=C(O)CCCCC(=NNc1cc(Cl)cc(Cl)c1)c1ccccn1. The lowest BCUT2D eigenvalue weighted by atomic mass is 10.1. The summed E-state index contributed by atoms with van der Waals surface area (Å²) in [5.74, 6) is -0.794. The van der Waals surface area contributed by atoms with Crippen LogP contribution in [-0.4, -0.2) is 21.8 Å². The normalized spacial score (nSPS) is 11.3. The molecular formula is C17H17Cl2N3O2. The molecule has 0 unspecified atom stereocenters. The molecule has 0 atom stereocenters. The van der Waals surface area contributed by atoms with Crippen LogP contribution in [0.3, 0.4) is 0 Å². The van der Waals surface area contributed by atoms with Crippen LogP contribution in [0, 0.1) is 0 Å². The number of rotatable bonds is 8. The van der Waals surface area contributed by atoms with E-state index in [1.807, 2.05) is 18.2 Å². The molecule has 0 aliphatic carbocycles. The fourth-order valence-corrected chi connectivity index (χ4v) is 2.62. The molecule has 7 heteroatoms. The average Bonchev–Trinajstić information content (AvgIpc) is 2.54. The molecule has 5 nitrogen and oxygen atoms in total. The number of carbonyl (C=O) groups is 1. The molecule has 0 spiro atoms. The minimum atomic E-state index is -0.794. The molecule has 24 heavy (non-hydrogen) atoms. The van der Waals surface area contributed by atoms with E-state index >= 15 is 0 Å². The van der Waals surface area contributed by atoms with Gasteiger partial charge in [0.2, 0.25) is 0 Å². The van der Waals surface area contributed by atoms with Crippen molar-refractivity contribution in [2.75, 3.05) is 5.43 Å². The topological polar surface area (TPSA) is 74.6 Å². The molecule has 2 rings (SSSR count). The number of anilines is 1. The van der Waals surface area contributed by atoms with Crippen molar-refractivity contribution >= 4 is 40.6 Å². The predicted molar refractivity (Wildman–Crippen MR) is 97.0 cm³/mol. The molecule has 1 aromatic carbocycles. The quantitative estimate of drug-likeness (QED) is 0.398. The van der Waals surface area contributed by atoms with E-state index < -0.39 is 5.97 Å². The van der Waals surface area contributed by atoms with Crippen molar-refractivity contribution in [2.24, 2.45) is 5.10 Å². The lowest BCUT2D eigenvalue weighted by molar-refractivity contribution is -0.137. The monoisotopic (exact) mass is 365 g/mol. The van der Waals surface area contributed by atoms with Crippen LogP contribution in [0.5, 0.6) is 0 Å². The Morgan fingerprint density at radius 1 is 1.12 bits per heavy atom. The second-order valence-electron chi connectivity index (χ2n) is 5.14. The zero-order valence-electron chi connectivity index (χ0n) is 12.9. The Hall–Kier alpha value is -2.11. The minimum Gasteiger partial charge on any atom is -0.481 e. The summed E-state index contributed by atoms with van der Waals surface area (Å²) in [6.45, 7) is 0. The van der Waals surface area contributed by atoms with E-state index in [0.717, 1.165) is 11.4 Å². The predicted octanol–water partition coefficient (Wildman–Crippen LogP) is 4.85. The lowest BCUT2D eigenvalue weighted by Gasteiger charge is -2.08. The van der Waals surface area contributed by atoms with Gasteiger partial charge in [-0.05, 0) is 49.6 Å².